The number of H-pyrrole nitrogens is 1. The molecule has 0 fully saturated rings. The van der Waals surface area contributed by atoms with E-state index in [4.69, 9.17) is 4.74 Å². The highest BCUT2D eigenvalue weighted by Gasteiger charge is 2.23. The molecule has 2 aromatic carbocycles. The smallest absolute Gasteiger partial charge is 0.355 e. The second kappa shape index (κ2) is 6.58. The Bertz CT molecular complexity index is 837. The minimum Gasteiger partial charge on any atom is -0.448 e. The van der Waals surface area contributed by atoms with Gasteiger partial charge in [-0.25, -0.2) is 4.79 Å². The van der Waals surface area contributed by atoms with Gasteiger partial charge in [-0.15, -0.1) is 0 Å². The third kappa shape index (κ3) is 3.15. The number of ether oxygens (including phenoxy) is 1. The van der Waals surface area contributed by atoms with Gasteiger partial charge in [-0.3, -0.25) is 4.79 Å². The molecule has 1 aromatic heterocycles. The highest BCUT2D eigenvalue weighted by molar-refractivity contribution is 5.99. The lowest BCUT2D eigenvalue weighted by Gasteiger charge is -2.21. The fourth-order valence-electron chi connectivity index (χ4n) is 2.51. The lowest BCUT2D eigenvalue weighted by atomic mass is 10.2. The summed E-state index contributed by atoms with van der Waals surface area (Å²) in [5.74, 6) is -0.834. The Morgan fingerprint density at radius 3 is 2.42 bits per heavy atom. The summed E-state index contributed by atoms with van der Waals surface area (Å²) < 4.78 is 5.31. The van der Waals surface area contributed by atoms with Crippen LogP contribution < -0.4 is 4.90 Å². The van der Waals surface area contributed by atoms with Gasteiger partial charge in [0.05, 0.1) is 0 Å². The number of rotatable bonds is 4. The third-order valence-corrected chi connectivity index (χ3v) is 3.86. The summed E-state index contributed by atoms with van der Waals surface area (Å²) in [7, 11) is 1.66. The van der Waals surface area contributed by atoms with Crippen LogP contribution in [0.3, 0.4) is 0 Å². The van der Waals surface area contributed by atoms with Crippen LogP contribution in [0, 0.1) is 0 Å². The number of nitrogens with zero attached hydrogens (tertiary/aromatic N) is 1. The normalized spacial score (nSPS) is 11.9. The molecule has 5 nitrogen and oxygen atoms in total. The Balaban J connectivity index is 1.70. The van der Waals surface area contributed by atoms with E-state index >= 15 is 0 Å². The number of benzene rings is 2. The first-order valence-corrected chi connectivity index (χ1v) is 7.67. The lowest BCUT2D eigenvalue weighted by molar-refractivity contribution is -0.126. The zero-order chi connectivity index (χ0) is 17.1. The molecule has 0 bridgehead atoms. The Morgan fingerprint density at radius 1 is 1.04 bits per heavy atom. The molecule has 0 saturated carbocycles. The molecule has 24 heavy (non-hydrogen) atoms. The number of para-hydroxylation sites is 2. The van der Waals surface area contributed by atoms with E-state index in [1.54, 1.807) is 20.0 Å². The number of fused-ring (bicyclic) bond motifs is 1. The number of esters is 1. The molecule has 122 valence electrons. The molecule has 0 spiro atoms. The number of likely N-dealkylation sites (N-methyl/N-ethyl adjacent to an activating group) is 1. The highest BCUT2D eigenvalue weighted by atomic mass is 16.5. The highest BCUT2D eigenvalue weighted by Crippen LogP contribution is 2.17. The number of aromatic nitrogens is 1. The average Bonchev–Trinajstić information content (AvgIpc) is 3.05. The second-order valence-corrected chi connectivity index (χ2v) is 5.55. The maximum atomic E-state index is 12.4. The molecule has 3 rings (SSSR count). The number of carbonyl (C=O) groups is 2. The van der Waals surface area contributed by atoms with Crippen molar-refractivity contribution in [3.05, 3.63) is 66.4 Å². The van der Waals surface area contributed by atoms with Crippen molar-refractivity contribution < 1.29 is 14.3 Å². The van der Waals surface area contributed by atoms with Gasteiger partial charge in [0.25, 0.3) is 5.91 Å². The summed E-state index contributed by atoms with van der Waals surface area (Å²) in [6.45, 7) is 1.57. The third-order valence-electron chi connectivity index (χ3n) is 3.86. The van der Waals surface area contributed by atoms with E-state index in [0.717, 1.165) is 16.6 Å². The molecule has 0 aliphatic carbocycles. The number of amides is 1. The van der Waals surface area contributed by atoms with Crippen LogP contribution in [0.25, 0.3) is 10.9 Å². The minimum absolute atomic E-state index is 0.286. The zero-order valence-corrected chi connectivity index (χ0v) is 13.5. The molecule has 0 saturated heterocycles. The van der Waals surface area contributed by atoms with Gasteiger partial charge in [-0.05, 0) is 31.2 Å². The van der Waals surface area contributed by atoms with Crippen LogP contribution in [0.1, 0.15) is 17.4 Å². The summed E-state index contributed by atoms with van der Waals surface area (Å²) in [6.07, 6.45) is -0.880. The fourth-order valence-corrected chi connectivity index (χ4v) is 2.51. The van der Waals surface area contributed by atoms with Gasteiger partial charge in [-0.1, -0.05) is 36.4 Å². The summed E-state index contributed by atoms with van der Waals surface area (Å²) in [6, 6.07) is 18.5. The zero-order valence-electron chi connectivity index (χ0n) is 13.5. The molecule has 1 N–H and O–H groups in total. The molecule has 0 aliphatic rings. The van der Waals surface area contributed by atoms with Gasteiger partial charge in [0.1, 0.15) is 5.69 Å². The number of nitrogens with one attached hydrogen (secondary N) is 1. The monoisotopic (exact) mass is 322 g/mol. The second-order valence-electron chi connectivity index (χ2n) is 5.55. The van der Waals surface area contributed by atoms with Crippen LogP contribution in [-0.2, 0) is 9.53 Å². The molecule has 1 atom stereocenters. The Kier molecular flexibility index (Phi) is 4.33. The van der Waals surface area contributed by atoms with Crippen molar-refractivity contribution in [2.75, 3.05) is 11.9 Å². The number of aromatic amines is 1. The predicted molar refractivity (Wildman–Crippen MR) is 93.0 cm³/mol. The fraction of sp³-hybridized carbons (Fsp3) is 0.158. The number of carbonyl (C=O) groups excluding carboxylic acids is 2. The van der Waals surface area contributed by atoms with Crippen molar-refractivity contribution in [3.8, 4) is 0 Å². The number of hydrogen-bond donors (Lipinski definition) is 1. The average molecular weight is 322 g/mol. The SMILES string of the molecule is C[C@H](OC(=O)c1cc2ccccc2[nH]1)C(=O)N(C)c1ccccc1. The van der Waals surface area contributed by atoms with Gasteiger partial charge in [-0.2, -0.15) is 0 Å². The molecule has 0 unspecified atom stereocenters. The molecule has 0 aliphatic heterocycles. The van der Waals surface area contributed by atoms with E-state index in [2.05, 4.69) is 4.98 Å². The lowest BCUT2D eigenvalue weighted by Crippen LogP contribution is -2.37. The van der Waals surface area contributed by atoms with Gasteiger partial charge >= 0.3 is 5.97 Å². The molecule has 1 amide bonds. The molecule has 0 radical (unpaired) electrons. The van der Waals surface area contributed by atoms with Gasteiger partial charge < -0.3 is 14.6 Å². The molecule has 3 aromatic rings. The Hall–Kier alpha value is -3.08. The van der Waals surface area contributed by atoms with Crippen LogP contribution >= 0.6 is 0 Å². The van der Waals surface area contributed by atoms with Gasteiger partial charge in [0.15, 0.2) is 6.10 Å². The summed E-state index contributed by atoms with van der Waals surface area (Å²) >= 11 is 0. The first kappa shape index (κ1) is 15.8. The van der Waals surface area contributed by atoms with Crippen LogP contribution in [0.5, 0.6) is 0 Å². The van der Waals surface area contributed by atoms with E-state index in [0.29, 0.717) is 5.69 Å². The van der Waals surface area contributed by atoms with Crippen molar-refractivity contribution >= 4 is 28.5 Å². The summed E-state index contributed by atoms with van der Waals surface area (Å²) in [5, 5.41) is 0.921. The predicted octanol–water partition coefficient (Wildman–Crippen LogP) is 3.38. The first-order valence-electron chi connectivity index (χ1n) is 7.67. The maximum absolute atomic E-state index is 12.4. The van der Waals surface area contributed by atoms with Gasteiger partial charge in [0, 0.05) is 23.6 Å². The van der Waals surface area contributed by atoms with E-state index in [1.807, 2.05) is 54.6 Å². The van der Waals surface area contributed by atoms with Crippen LogP contribution in [0.2, 0.25) is 0 Å². The number of hydrogen-bond acceptors (Lipinski definition) is 3. The van der Waals surface area contributed by atoms with E-state index in [-0.39, 0.29) is 5.91 Å². The molecule has 1 heterocycles. The van der Waals surface area contributed by atoms with Crippen molar-refractivity contribution in [2.45, 2.75) is 13.0 Å². The van der Waals surface area contributed by atoms with Crippen molar-refractivity contribution in [2.24, 2.45) is 0 Å². The Morgan fingerprint density at radius 2 is 1.71 bits per heavy atom. The standard InChI is InChI=1S/C19H18N2O3/c1-13(18(22)21(2)15-9-4-3-5-10-15)24-19(23)17-12-14-8-6-7-11-16(14)20-17/h3-13,20H,1-2H3/t13-/m0/s1. The summed E-state index contributed by atoms with van der Waals surface area (Å²) in [5.41, 5.74) is 1.93. The van der Waals surface area contributed by atoms with Crippen molar-refractivity contribution in [3.63, 3.8) is 0 Å². The molecule has 5 heteroatoms. The van der Waals surface area contributed by atoms with E-state index in [9.17, 15) is 9.59 Å². The Labute approximate surface area is 139 Å². The van der Waals surface area contributed by atoms with Crippen LogP contribution in [-0.4, -0.2) is 30.0 Å². The summed E-state index contributed by atoms with van der Waals surface area (Å²) in [4.78, 5) is 29.2. The molecular weight excluding hydrogens is 304 g/mol. The quantitative estimate of drug-likeness (QED) is 0.749. The van der Waals surface area contributed by atoms with Crippen molar-refractivity contribution in [1.82, 2.24) is 4.98 Å². The van der Waals surface area contributed by atoms with Crippen LogP contribution in [0.4, 0.5) is 5.69 Å². The van der Waals surface area contributed by atoms with Crippen LogP contribution in [0.15, 0.2) is 60.7 Å². The number of anilines is 1. The molecular formula is C19H18N2O3. The maximum Gasteiger partial charge on any atom is 0.355 e. The minimum atomic E-state index is -0.880. The van der Waals surface area contributed by atoms with E-state index < -0.39 is 12.1 Å². The van der Waals surface area contributed by atoms with E-state index in [1.165, 1.54) is 4.90 Å². The first-order chi connectivity index (χ1) is 11.6. The van der Waals surface area contributed by atoms with Gasteiger partial charge in [0.2, 0.25) is 0 Å². The largest absolute Gasteiger partial charge is 0.448 e. The van der Waals surface area contributed by atoms with Crippen molar-refractivity contribution in [1.29, 1.82) is 0 Å². The topological polar surface area (TPSA) is 62.4 Å².